The van der Waals surface area contributed by atoms with E-state index in [4.69, 9.17) is 5.26 Å². The summed E-state index contributed by atoms with van der Waals surface area (Å²) in [6, 6.07) is 7.50. The van der Waals surface area contributed by atoms with Gasteiger partial charge in [-0.15, -0.1) is 10.2 Å². The first-order chi connectivity index (χ1) is 12.9. The molecule has 144 valence electrons. The minimum atomic E-state index is -3.80. The van der Waals surface area contributed by atoms with Crippen molar-refractivity contribution >= 4 is 10.0 Å². The lowest BCUT2D eigenvalue weighted by atomic mass is 10.0. The Morgan fingerprint density at radius 2 is 2.15 bits per heavy atom. The first-order valence-corrected chi connectivity index (χ1v) is 10.5. The molecule has 1 aromatic heterocycles. The van der Waals surface area contributed by atoms with Crippen molar-refractivity contribution in [1.29, 1.82) is 5.26 Å². The van der Waals surface area contributed by atoms with Gasteiger partial charge in [-0.25, -0.2) is 13.1 Å². The molecule has 0 saturated carbocycles. The molecular formula is C18H24N6O2S. The number of fused-ring (bicyclic) bond motifs is 1. The van der Waals surface area contributed by atoms with Crippen LogP contribution in [0.4, 0.5) is 0 Å². The molecule has 2 N–H and O–H groups in total. The smallest absolute Gasteiger partial charge is 0.241 e. The lowest BCUT2D eigenvalue weighted by Crippen LogP contribution is -2.32. The Morgan fingerprint density at radius 3 is 2.89 bits per heavy atom. The predicted molar refractivity (Wildman–Crippen MR) is 100 cm³/mol. The van der Waals surface area contributed by atoms with Crippen LogP contribution in [-0.2, 0) is 23.0 Å². The Labute approximate surface area is 159 Å². The molecule has 27 heavy (non-hydrogen) atoms. The average Bonchev–Trinajstić information content (AvgIpc) is 2.89. The highest BCUT2D eigenvalue weighted by atomic mass is 32.2. The number of nitriles is 1. The summed E-state index contributed by atoms with van der Waals surface area (Å²) in [5.74, 6) is 1.77. The molecular weight excluding hydrogens is 364 g/mol. The maximum Gasteiger partial charge on any atom is 0.241 e. The molecule has 0 unspecified atom stereocenters. The number of sulfonamides is 1. The summed E-state index contributed by atoms with van der Waals surface area (Å²) in [4.78, 5) is 0.0765. The molecule has 0 amide bonds. The highest BCUT2D eigenvalue weighted by Crippen LogP contribution is 2.24. The Bertz CT molecular complexity index is 945. The van der Waals surface area contributed by atoms with Crippen molar-refractivity contribution in [2.75, 3.05) is 13.1 Å². The predicted octanol–water partition coefficient (Wildman–Crippen LogP) is 1.36. The number of hydrogen-bond acceptors (Lipinski definition) is 6. The van der Waals surface area contributed by atoms with Crippen LogP contribution in [0.2, 0.25) is 0 Å². The van der Waals surface area contributed by atoms with E-state index in [1.165, 1.54) is 12.1 Å². The first-order valence-electron chi connectivity index (χ1n) is 9.06. The van der Waals surface area contributed by atoms with Gasteiger partial charge >= 0.3 is 0 Å². The van der Waals surface area contributed by atoms with Crippen molar-refractivity contribution < 1.29 is 8.42 Å². The largest absolute Gasteiger partial charge is 0.315 e. The molecule has 0 radical (unpaired) electrons. The number of benzene rings is 1. The Morgan fingerprint density at radius 1 is 1.33 bits per heavy atom. The summed E-state index contributed by atoms with van der Waals surface area (Å²) in [5.41, 5.74) is 0.306. The van der Waals surface area contributed by atoms with Crippen LogP contribution in [0.1, 0.15) is 43.5 Å². The molecule has 1 aliphatic rings. The van der Waals surface area contributed by atoms with Gasteiger partial charge < -0.3 is 9.88 Å². The van der Waals surface area contributed by atoms with E-state index in [1.54, 1.807) is 12.1 Å². The fraction of sp³-hybridized carbons (Fsp3) is 0.500. The zero-order chi connectivity index (χ0) is 19.4. The minimum absolute atomic E-state index is 0.0765. The van der Waals surface area contributed by atoms with Crippen LogP contribution in [0.25, 0.3) is 0 Å². The average molecular weight is 388 g/mol. The third kappa shape index (κ3) is 4.53. The van der Waals surface area contributed by atoms with Crippen molar-refractivity contribution in [3.05, 3.63) is 41.5 Å². The fourth-order valence-electron chi connectivity index (χ4n) is 3.22. The summed E-state index contributed by atoms with van der Waals surface area (Å²) < 4.78 is 30.7. The number of rotatable bonds is 6. The highest BCUT2D eigenvalue weighted by molar-refractivity contribution is 7.89. The van der Waals surface area contributed by atoms with Crippen molar-refractivity contribution in [3.8, 4) is 6.07 Å². The Kier molecular flexibility index (Phi) is 5.89. The van der Waals surface area contributed by atoms with Gasteiger partial charge in [-0.1, -0.05) is 19.9 Å². The van der Waals surface area contributed by atoms with Crippen LogP contribution in [0.3, 0.4) is 0 Å². The van der Waals surface area contributed by atoms with Crippen LogP contribution < -0.4 is 10.0 Å². The van der Waals surface area contributed by atoms with E-state index >= 15 is 0 Å². The molecule has 0 spiro atoms. The molecule has 9 heteroatoms. The van der Waals surface area contributed by atoms with Gasteiger partial charge in [0.25, 0.3) is 0 Å². The third-order valence-corrected chi connectivity index (χ3v) is 5.95. The topological polar surface area (TPSA) is 113 Å². The molecule has 8 nitrogen and oxygen atoms in total. The molecule has 0 aliphatic carbocycles. The lowest BCUT2D eigenvalue weighted by molar-refractivity contribution is 0.439. The Balaban J connectivity index is 1.94. The lowest BCUT2D eigenvalue weighted by Gasteiger charge is -2.21. The summed E-state index contributed by atoms with van der Waals surface area (Å²) >= 11 is 0. The van der Waals surface area contributed by atoms with E-state index in [0.29, 0.717) is 24.4 Å². The van der Waals surface area contributed by atoms with Crippen molar-refractivity contribution in [2.45, 2.75) is 44.2 Å². The molecule has 3 rings (SSSR count). The monoisotopic (exact) mass is 388 g/mol. The van der Waals surface area contributed by atoms with Gasteiger partial charge in [-0.2, -0.15) is 5.26 Å². The fourth-order valence-corrected chi connectivity index (χ4v) is 4.47. The maximum absolute atomic E-state index is 12.9. The second kappa shape index (κ2) is 8.17. The van der Waals surface area contributed by atoms with Gasteiger partial charge in [0.15, 0.2) is 5.82 Å². The van der Waals surface area contributed by atoms with Gasteiger partial charge in [0.05, 0.1) is 22.6 Å². The standard InChI is InChI=1S/C18H24N6O2S/c1-13(2)10-16(18-22-21-17-6-7-20-8-9-24(17)18)23-27(25,26)15-5-3-4-14(11-15)12-19/h3-5,11,13,16,20,23H,6-10H2,1-2H3/t16-/m0/s1. The second-order valence-corrected chi connectivity index (χ2v) is 8.78. The van der Waals surface area contributed by atoms with Gasteiger partial charge in [0.2, 0.25) is 10.0 Å². The quantitative estimate of drug-likeness (QED) is 0.773. The van der Waals surface area contributed by atoms with Gasteiger partial charge in [0, 0.05) is 26.1 Å². The van der Waals surface area contributed by atoms with Crippen LogP contribution >= 0.6 is 0 Å². The number of hydrogen-bond donors (Lipinski definition) is 2. The second-order valence-electron chi connectivity index (χ2n) is 7.07. The zero-order valence-corrected chi connectivity index (χ0v) is 16.3. The number of nitrogens with one attached hydrogen (secondary N) is 2. The van der Waals surface area contributed by atoms with Gasteiger partial charge in [-0.05, 0) is 30.5 Å². The van der Waals surface area contributed by atoms with E-state index < -0.39 is 16.1 Å². The van der Waals surface area contributed by atoms with E-state index in [-0.39, 0.29) is 10.8 Å². The molecule has 2 aromatic rings. The van der Waals surface area contributed by atoms with E-state index in [9.17, 15) is 8.42 Å². The maximum atomic E-state index is 12.9. The van der Waals surface area contributed by atoms with Crippen LogP contribution in [0, 0.1) is 17.2 Å². The minimum Gasteiger partial charge on any atom is -0.315 e. The zero-order valence-electron chi connectivity index (χ0n) is 15.5. The summed E-state index contributed by atoms with van der Waals surface area (Å²) in [6.07, 6.45) is 1.36. The normalized spacial score (nSPS) is 15.8. The van der Waals surface area contributed by atoms with Crippen LogP contribution in [0.5, 0.6) is 0 Å². The first kappa shape index (κ1) is 19.5. The van der Waals surface area contributed by atoms with E-state index in [2.05, 4.69) is 20.2 Å². The van der Waals surface area contributed by atoms with Gasteiger partial charge in [0.1, 0.15) is 5.82 Å². The van der Waals surface area contributed by atoms with Crippen molar-refractivity contribution in [2.24, 2.45) is 5.92 Å². The van der Waals surface area contributed by atoms with E-state index in [0.717, 1.165) is 25.3 Å². The van der Waals surface area contributed by atoms with Crippen LogP contribution in [0.15, 0.2) is 29.2 Å². The Hall–Kier alpha value is -2.28. The van der Waals surface area contributed by atoms with Gasteiger partial charge in [-0.3, -0.25) is 0 Å². The molecule has 1 atom stereocenters. The molecule has 1 aromatic carbocycles. The van der Waals surface area contributed by atoms with Crippen LogP contribution in [-0.4, -0.2) is 36.3 Å². The molecule has 0 fully saturated rings. The third-order valence-electron chi connectivity index (χ3n) is 4.48. The summed E-state index contributed by atoms with van der Waals surface area (Å²) in [5, 5.41) is 20.9. The van der Waals surface area contributed by atoms with Crippen molar-refractivity contribution in [3.63, 3.8) is 0 Å². The summed E-state index contributed by atoms with van der Waals surface area (Å²) in [6.45, 7) is 6.42. The number of aromatic nitrogens is 3. The molecule has 2 heterocycles. The highest BCUT2D eigenvalue weighted by Gasteiger charge is 2.28. The SMILES string of the molecule is CC(C)C[C@H](NS(=O)(=O)c1cccc(C#N)c1)c1nnc2n1CCNCC2. The number of nitrogens with zero attached hydrogens (tertiary/aromatic N) is 4. The van der Waals surface area contributed by atoms with Crippen molar-refractivity contribution in [1.82, 2.24) is 24.8 Å². The summed E-state index contributed by atoms with van der Waals surface area (Å²) in [7, 11) is -3.80. The molecule has 0 bridgehead atoms. The molecule has 1 aliphatic heterocycles. The molecule has 0 saturated heterocycles. The van der Waals surface area contributed by atoms with E-state index in [1.807, 2.05) is 24.5 Å².